The molecule has 0 bridgehead atoms. The summed E-state index contributed by atoms with van der Waals surface area (Å²) in [7, 11) is -3.84. The van der Waals surface area contributed by atoms with Crippen LogP contribution in [-0.4, -0.2) is 18.7 Å². The van der Waals surface area contributed by atoms with E-state index in [1.807, 2.05) is 6.08 Å². The molecule has 0 rings (SSSR count). The topological polar surface area (TPSA) is 54.4 Å². The van der Waals surface area contributed by atoms with Crippen LogP contribution in [0.1, 0.15) is 137 Å². The van der Waals surface area contributed by atoms with Crippen molar-refractivity contribution >= 4 is 10.1 Å². The minimum atomic E-state index is -3.84. The van der Waals surface area contributed by atoms with Crippen molar-refractivity contribution in [3.05, 3.63) is 12.2 Å². The molecule has 0 saturated carbocycles. The van der Waals surface area contributed by atoms with E-state index in [0.717, 1.165) is 12.8 Å². The zero-order chi connectivity index (χ0) is 20.8. The predicted molar refractivity (Wildman–Crippen MR) is 125 cm³/mol. The molecule has 0 aromatic heterocycles. The zero-order valence-corrected chi connectivity index (χ0v) is 22.5. The number of rotatable bonds is 22. The van der Waals surface area contributed by atoms with E-state index in [4.69, 9.17) is 4.55 Å². The zero-order valence-electron chi connectivity index (χ0n) is 20.7. The Labute approximate surface area is 206 Å². The van der Waals surface area contributed by atoms with Crippen molar-refractivity contribution in [2.45, 2.75) is 135 Å². The summed E-state index contributed by atoms with van der Waals surface area (Å²) < 4.78 is 29.7. The summed E-state index contributed by atoms with van der Waals surface area (Å²) in [5.74, 6) is -0.258. The Kier molecular flexibility index (Phi) is 27.3. The molecule has 29 heavy (non-hydrogen) atoms. The van der Waals surface area contributed by atoms with E-state index >= 15 is 0 Å². The molecule has 0 unspecified atom stereocenters. The normalized spacial score (nSPS) is 11.8. The molecule has 0 aliphatic rings. The summed E-state index contributed by atoms with van der Waals surface area (Å²) in [6, 6.07) is 0. The van der Waals surface area contributed by atoms with Crippen LogP contribution in [0.5, 0.6) is 0 Å². The molecule has 0 atom stereocenters. The second-order valence-corrected chi connectivity index (χ2v) is 9.87. The monoisotopic (exact) mass is 440 g/mol. The minimum Gasteiger partial charge on any atom is -1.00 e. The molecular weight excluding hydrogens is 391 g/mol. The van der Waals surface area contributed by atoms with Crippen LogP contribution in [0.4, 0.5) is 0 Å². The van der Waals surface area contributed by atoms with Crippen molar-refractivity contribution in [2.75, 3.05) is 5.75 Å². The molecule has 0 aromatic carbocycles. The summed E-state index contributed by atoms with van der Waals surface area (Å²) in [4.78, 5) is 0. The first kappa shape index (κ1) is 31.8. The first-order chi connectivity index (χ1) is 13.6. The van der Waals surface area contributed by atoms with Gasteiger partial charge in [0, 0.05) is 0 Å². The Hall–Kier alpha value is 0.650. The van der Waals surface area contributed by atoms with Crippen molar-refractivity contribution < 1.29 is 44.0 Å². The molecule has 0 aliphatic heterocycles. The molecule has 0 radical (unpaired) electrons. The van der Waals surface area contributed by atoms with E-state index in [1.165, 1.54) is 116 Å². The van der Waals surface area contributed by atoms with Gasteiger partial charge in [0.1, 0.15) is 0 Å². The third-order valence-corrected chi connectivity index (χ3v) is 6.06. The fourth-order valence-corrected chi connectivity index (χ4v) is 4.03. The van der Waals surface area contributed by atoms with Gasteiger partial charge in [-0.2, -0.15) is 8.42 Å². The Bertz CT molecular complexity index is 442. The van der Waals surface area contributed by atoms with Gasteiger partial charge in [-0.25, -0.2) is 0 Å². The molecule has 0 aliphatic carbocycles. The van der Waals surface area contributed by atoms with Crippen molar-refractivity contribution in [1.82, 2.24) is 0 Å². The van der Waals surface area contributed by atoms with Crippen molar-refractivity contribution in [2.24, 2.45) is 0 Å². The van der Waals surface area contributed by atoms with Crippen LogP contribution in [-0.2, 0) is 10.1 Å². The maximum Gasteiger partial charge on any atom is 1.00 e. The van der Waals surface area contributed by atoms with Gasteiger partial charge >= 0.3 is 29.6 Å². The van der Waals surface area contributed by atoms with Crippen LogP contribution in [0.3, 0.4) is 0 Å². The van der Waals surface area contributed by atoms with Crippen molar-refractivity contribution in [3.8, 4) is 0 Å². The van der Waals surface area contributed by atoms with Gasteiger partial charge in [0.25, 0.3) is 10.1 Å². The van der Waals surface area contributed by atoms with E-state index in [-0.39, 0.29) is 36.7 Å². The third-order valence-electron chi connectivity index (χ3n) is 5.45. The summed E-state index contributed by atoms with van der Waals surface area (Å²) >= 11 is 0. The van der Waals surface area contributed by atoms with Gasteiger partial charge < -0.3 is 1.43 Å². The molecule has 3 nitrogen and oxygen atoms in total. The molecule has 0 fully saturated rings. The summed E-state index contributed by atoms with van der Waals surface area (Å²) in [5, 5.41) is 0. The van der Waals surface area contributed by atoms with Gasteiger partial charge in [0.2, 0.25) is 0 Å². The Morgan fingerprint density at radius 2 is 0.897 bits per heavy atom. The van der Waals surface area contributed by atoms with Gasteiger partial charge in [0.15, 0.2) is 0 Å². The van der Waals surface area contributed by atoms with Crippen molar-refractivity contribution in [1.29, 1.82) is 0 Å². The Morgan fingerprint density at radius 1 is 0.586 bits per heavy atom. The average molecular weight is 441 g/mol. The van der Waals surface area contributed by atoms with Crippen LogP contribution >= 0.6 is 0 Å². The van der Waals surface area contributed by atoms with Gasteiger partial charge in [0.05, 0.1) is 5.75 Å². The van der Waals surface area contributed by atoms with E-state index in [0.29, 0.717) is 0 Å². The number of hydrogen-bond acceptors (Lipinski definition) is 2. The van der Waals surface area contributed by atoms with Crippen LogP contribution in [0.2, 0.25) is 0 Å². The summed E-state index contributed by atoms with van der Waals surface area (Å²) in [6.07, 6.45) is 30.5. The molecule has 170 valence electrons. The number of hydrogen-bond donors (Lipinski definition) is 1. The summed E-state index contributed by atoms with van der Waals surface area (Å²) in [5.41, 5.74) is 0. The van der Waals surface area contributed by atoms with Crippen LogP contribution in [0, 0.1) is 0 Å². The quantitative estimate of drug-likeness (QED) is 0.107. The van der Waals surface area contributed by atoms with Crippen LogP contribution in [0.15, 0.2) is 12.2 Å². The van der Waals surface area contributed by atoms with Gasteiger partial charge in [-0.15, -0.1) is 0 Å². The fraction of sp³-hybridized carbons (Fsp3) is 0.917. The number of allylic oxidation sites excluding steroid dienone is 1. The standard InChI is InChI=1S/C24H48O3S.Na.H/c1-2-3-4-5-6-7-8-9-10-11-12-13-14-15-16-17-18-19-20-21-22-23-24-28(25,26)27;;/h22-23H,2-21,24H2,1H3,(H,25,26,27);;/q;+1;-1. The minimum absolute atomic E-state index is 0. The van der Waals surface area contributed by atoms with E-state index in [2.05, 4.69) is 6.92 Å². The molecule has 1 N–H and O–H groups in total. The fourth-order valence-electron chi connectivity index (χ4n) is 3.65. The molecule has 0 heterocycles. The third kappa shape index (κ3) is 30.9. The smallest absolute Gasteiger partial charge is 1.00 e. The van der Waals surface area contributed by atoms with E-state index in [9.17, 15) is 8.42 Å². The second-order valence-electron chi connectivity index (χ2n) is 8.37. The molecule has 0 saturated heterocycles. The van der Waals surface area contributed by atoms with Gasteiger partial charge in [-0.05, 0) is 12.8 Å². The average Bonchev–Trinajstić information content (AvgIpc) is 2.65. The largest absolute Gasteiger partial charge is 1.00 e. The van der Waals surface area contributed by atoms with Gasteiger partial charge in [-0.3, -0.25) is 4.55 Å². The number of unbranched alkanes of at least 4 members (excludes halogenated alkanes) is 19. The first-order valence-electron chi connectivity index (χ1n) is 12.2. The maximum absolute atomic E-state index is 10.5. The van der Waals surface area contributed by atoms with Crippen LogP contribution < -0.4 is 29.6 Å². The van der Waals surface area contributed by atoms with Crippen LogP contribution in [0.25, 0.3) is 0 Å². The van der Waals surface area contributed by atoms with E-state index in [1.54, 1.807) is 6.08 Å². The first-order valence-corrected chi connectivity index (χ1v) is 13.8. The predicted octanol–water partition coefficient (Wildman–Crippen LogP) is 5.37. The van der Waals surface area contributed by atoms with E-state index < -0.39 is 10.1 Å². The second kappa shape index (κ2) is 24.9. The molecule has 0 aromatic rings. The SMILES string of the molecule is CCCCCCCCCCCCCCCCCCCCCC=CCS(=O)(=O)O.[H-].[Na+]. The van der Waals surface area contributed by atoms with Crippen molar-refractivity contribution in [3.63, 3.8) is 0 Å². The molecule has 0 amide bonds. The molecular formula is C24H49NaO3S. The van der Waals surface area contributed by atoms with Gasteiger partial charge in [-0.1, -0.05) is 135 Å². The maximum atomic E-state index is 10.5. The molecule has 5 heteroatoms. The Balaban J connectivity index is -0.00000364. The summed E-state index contributed by atoms with van der Waals surface area (Å²) in [6.45, 7) is 2.28. The molecule has 0 spiro atoms. The Morgan fingerprint density at radius 3 is 1.21 bits per heavy atom.